The van der Waals surface area contributed by atoms with Crippen molar-refractivity contribution in [3.05, 3.63) is 29.1 Å². The molecule has 4 N–H and O–H groups in total. The van der Waals surface area contributed by atoms with Crippen LogP contribution in [0.25, 0.3) is 33.8 Å². The van der Waals surface area contributed by atoms with Gasteiger partial charge in [-0.15, -0.1) is 0 Å². The molecule has 0 aliphatic rings. The number of aryl methyl sites for hydroxylation is 1. The lowest BCUT2D eigenvalue weighted by atomic mass is 10.2. The Morgan fingerprint density at radius 1 is 1.07 bits per heavy atom. The summed E-state index contributed by atoms with van der Waals surface area (Å²) in [6.07, 6.45) is 6.10. The zero-order valence-corrected chi connectivity index (χ0v) is 15.7. The number of hydrogen-bond acceptors (Lipinski definition) is 8. The van der Waals surface area contributed by atoms with E-state index in [4.69, 9.17) is 21.1 Å². The molecule has 4 heterocycles. The van der Waals surface area contributed by atoms with E-state index in [0.717, 1.165) is 61.1 Å². The van der Waals surface area contributed by atoms with Crippen molar-refractivity contribution in [2.75, 3.05) is 12.3 Å². The van der Waals surface area contributed by atoms with E-state index >= 15 is 0 Å². The molecule has 4 aromatic heterocycles. The van der Waals surface area contributed by atoms with Gasteiger partial charge in [-0.1, -0.05) is 12.8 Å². The van der Waals surface area contributed by atoms with E-state index in [-0.39, 0.29) is 5.82 Å². The SMILES string of the molecule is NCCCCCCn1c(-c2nonc2N)nc2c(-c3ccsc3)nccc21. The van der Waals surface area contributed by atoms with Crippen molar-refractivity contribution in [1.82, 2.24) is 24.8 Å². The molecule has 0 saturated heterocycles. The van der Waals surface area contributed by atoms with Crippen molar-refractivity contribution < 1.29 is 4.63 Å². The number of nitrogen functional groups attached to an aromatic ring is 1. The first-order chi connectivity index (χ1) is 13.3. The Balaban J connectivity index is 1.78. The van der Waals surface area contributed by atoms with Gasteiger partial charge in [-0.3, -0.25) is 4.98 Å². The summed E-state index contributed by atoms with van der Waals surface area (Å²) in [5.41, 5.74) is 15.7. The molecule has 9 heteroatoms. The van der Waals surface area contributed by atoms with Gasteiger partial charge in [-0.2, -0.15) is 11.3 Å². The Bertz CT molecular complexity index is 1020. The van der Waals surface area contributed by atoms with Crippen LogP contribution in [0.15, 0.2) is 33.7 Å². The van der Waals surface area contributed by atoms with Crippen LogP contribution < -0.4 is 11.5 Å². The highest BCUT2D eigenvalue weighted by Gasteiger charge is 2.21. The van der Waals surface area contributed by atoms with Crippen LogP contribution in [0, 0.1) is 0 Å². The molecule has 0 aromatic carbocycles. The predicted molar refractivity (Wildman–Crippen MR) is 106 cm³/mol. The molecule has 0 radical (unpaired) electrons. The van der Waals surface area contributed by atoms with Crippen LogP contribution in [0.2, 0.25) is 0 Å². The van der Waals surface area contributed by atoms with Gasteiger partial charge in [0, 0.05) is 23.7 Å². The van der Waals surface area contributed by atoms with E-state index in [1.54, 1.807) is 11.3 Å². The maximum atomic E-state index is 5.94. The molecule has 8 nitrogen and oxygen atoms in total. The zero-order chi connectivity index (χ0) is 18.6. The number of imidazole rings is 1. The maximum absolute atomic E-state index is 5.94. The summed E-state index contributed by atoms with van der Waals surface area (Å²) < 4.78 is 6.93. The topological polar surface area (TPSA) is 122 Å². The van der Waals surface area contributed by atoms with Gasteiger partial charge in [-0.25, -0.2) is 9.61 Å². The zero-order valence-electron chi connectivity index (χ0n) is 14.8. The number of nitrogens with zero attached hydrogens (tertiary/aromatic N) is 5. The fourth-order valence-corrected chi connectivity index (χ4v) is 3.83. The number of unbranched alkanes of at least 4 members (excludes halogenated alkanes) is 3. The Morgan fingerprint density at radius 3 is 2.70 bits per heavy atom. The summed E-state index contributed by atoms with van der Waals surface area (Å²) in [6, 6.07) is 4.02. The third kappa shape index (κ3) is 3.43. The van der Waals surface area contributed by atoms with Gasteiger partial charge in [0.1, 0.15) is 5.52 Å². The molecular weight excluding hydrogens is 362 g/mol. The predicted octanol–water partition coefficient (Wildman–Crippen LogP) is 3.31. The van der Waals surface area contributed by atoms with Crippen LogP contribution in [0.1, 0.15) is 25.7 Å². The van der Waals surface area contributed by atoms with E-state index in [1.807, 2.05) is 23.7 Å². The average molecular weight is 383 g/mol. The van der Waals surface area contributed by atoms with Gasteiger partial charge in [0.15, 0.2) is 17.3 Å². The minimum Gasteiger partial charge on any atom is -0.379 e. The maximum Gasteiger partial charge on any atom is 0.199 e. The summed E-state index contributed by atoms with van der Waals surface area (Å²) in [6.45, 7) is 1.53. The second-order valence-electron chi connectivity index (χ2n) is 6.33. The first-order valence-corrected chi connectivity index (χ1v) is 9.90. The van der Waals surface area contributed by atoms with E-state index in [2.05, 4.69) is 25.2 Å². The van der Waals surface area contributed by atoms with Crippen molar-refractivity contribution in [2.45, 2.75) is 32.2 Å². The minimum atomic E-state index is 0.236. The highest BCUT2D eigenvalue weighted by Crippen LogP contribution is 2.32. The number of nitrogens with two attached hydrogens (primary N) is 2. The third-order valence-corrected chi connectivity index (χ3v) is 5.21. The average Bonchev–Trinajstić information content (AvgIpc) is 3.41. The van der Waals surface area contributed by atoms with Crippen molar-refractivity contribution >= 4 is 28.2 Å². The third-order valence-electron chi connectivity index (χ3n) is 4.52. The smallest absolute Gasteiger partial charge is 0.199 e. The largest absolute Gasteiger partial charge is 0.379 e. The number of rotatable bonds is 8. The van der Waals surface area contributed by atoms with Crippen LogP contribution in [0.3, 0.4) is 0 Å². The molecule has 140 valence electrons. The van der Waals surface area contributed by atoms with Crippen molar-refractivity contribution in [3.63, 3.8) is 0 Å². The van der Waals surface area contributed by atoms with Crippen LogP contribution >= 0.6 is 11.3 Å². The summed E-state index contributed by atoms with van der Waals surface area (Å²) in [5.74, 6) is 0.895. The summed E-state index contributed by atoms with van der Waals surface area (Å²) in [5, 5.41) is 11.8. The number of hydrogen-bond donors (Lipinski definition) is 2. The van der Waals surface area contributed by atoms with Crippen LogP contribution in [0.5, 0.6) is 0 Å². The van der Waals surface area contributed by atoms with E-state index < -0.39 is 0 Å². The minimum absolute atomic E-state index is 0.236. The highest BCUT2D eigenvalue weighted by atomic mass is 32.1. The fraction of sp³-hybridized carbons (Fsp3) is 0.333. The first-order valence-electron chi connectivity index (χ1n) is 8.96. The van der Waals surface area contributed by atoms with E-state index in [0.29, 0.717) is 11.5 Å². The van der Waals surface area contributed by atoms with Gasteiger partial charge in [0.2, 0.25) is 0 Å². The van der Waals surface area contributed by atoms with Crippen molar-refractivity contribution in [2.24, 2.45) is 5.73 Å². The molecule has 0 saturated carbocycles. The lowest BCUT2D eigenvalue weighted by Gasteiger charge is -2.08. The van der Waals surface area contributed by atoms with Gasteiger partial charge >= 0.3 is 0 Å². The molecule has 0 atom stereocenters. The number of anilines is 1. The Morgan fingerprint density at radius 2 is 1.96 bits per heavy atom. The number of pyridine rings is 1. The lowest BCUT2D eigenvalue weighted by molar-refractivity contribution is 0.310. The number of aromatic nitrogens is 5. The number of thiophene rings is 1. The lowest BCUT2D eigenvalue weighted by Crippen LogP contribution is -2.03. The molecule has 4 rings (SSSR count). The Kier molecular flexibility index (Phi) is 5.12. The first kappa shape index (κ1) is 17.6. The van der Waals surface area contributed by atoms with Gasteiger partial charge < -0.3 is 16.0 Å². The second-order valence-corrected chi connectivity index (χ2v) is 7.11. The molecule has 0 spiro atoms. The molecule has 0 aliphatic carbocycles. The molecule has 0 unspecified atom stereocenters. The second kappa shape index (κ2) is 7.85. The quantitative estimate of drug-likeness (QED) is 0.448. The van der Waals surface area contributed by atoms with E-state index in [1.165, 1.54) is 0 Å². The molecule has 0 amide bonds. The van der Waals surface area contributed by atoms with Crippen molar-refractivity contribution in [1.29, 1.82) is 0 Å². The molecular formula is C18H21N7OS. The van der Waals surface area contributed by atoms with Gasteiger partial charge in [-0.05, 0) is 47.2 Å². The fourth-order valence-electron chi connectivity index (χ4n) is 3.19. The summed E-state index contributed by atoms with van der Waals surface area (Å²) >= 11 is 1.63. The van der Waals surface area contributed by atoms with Crippen LogP contribution in [-0.2, 0) is 6.54 Å². The van der Waals surface area contributed by atoms with Gasteiger partial charge in [0.25, 0.3) is 0 Å². The number of fused-ring (bicyclic) bond motifs is 1. The van der Waals surface area contributed by atoms with Gasteiger partial charge in [0.05, 0.1) is 11.2 Å². The standard InChI is InChI=1S/C18H21N7OS/c19-7-3-1-2-4-9-25-13-5-8-21-14(12-6-10-27-11-12)15(13)22-18(25)16-17(20)24-26-23-16/h5-6,8,10-11H,1-4,7,9,19H2,(H2,20,24). The normalized spacial score (nSPS) is 11.4. The molecule has 0 bridgehead atoms. The molecule has 0 fully saturated rings. The summed E-state index contributed by atoms with van der Waals surface area (Å²) in [7, 11) is 0. The van der Waals surface area contributed by atoms with E-state index in [9.17, 15) is 0 Å². The molecule has 0 aliphatic heterocycles. The summed E-state index contributed by atoms with van der Waals surface area (Å²) in [4.78, 5) is 9.38. The molecule has 4 aromatic rings. The Labute approximate surface area is 160 Å². The highest BCUT2D eigenvalue weighted by molar-refractivity contribution is 7.08. The van der Waals surface area contributed by atoms with Crippen LogP contribution in [-0.4, -0.2) is 31.4 Å². The van der Waals surface area contributed by atoms with Crippen molar-refractivity contribution in [3.8, 4) is 22.8 Å². The monoisotopic (exact) mass is 383 g/mol. The molecule has 27 heavy (non-hydrogen) atoms. The Hall–Kier alpha value is -2.78. The van der Waals surface area contributed by atoms with Crippen LogP contribution in [0.4, 0.5) is 5.82 Å².